The van der Waals surface area contributed by atoms with E-state index in [1.807, 2.05) is 5.38 Å². The van der Waals surface area contributed by atoms with E-state index in [1.54, 1.807) is 0 Å². The second-order valence-electron chi connectivity index (χ2n) is 6.36. The van der Waals surface area contributed by atoms with Gasteiger partial charge in [-0.1, -0.05) is 12.1 Å². The van der Waals surface area contributed by atoms with Crippen molar-refractivity contribution in [2.75, 3.05) is 23.4 Å². The number of nitrogens with zero attached hydrogens (tertiary/aromatic N) is 2. The molecule has 1 aliphatic rings. The van der Waals surface area contributed by atoms with Gasteiger partial charge in [0, 0.05) is 35.3 Å². The van der Waals surface area contributed by atoms with Crippen LogP contribution < -0.4 is 15.8 Å². The van der Waals surface area contributed by atoms with Gasteiger partial charge in [0.05, 0.1) is 5.69 Å². The van der Waals surface area contributed by atoms with Crippen LogP contribution >= 0.6 is 11.3 Å². The molecule has 1 saturated heterocycles. The summed E-state index contributed by atoms with van der Waals surface area (Å²) in [6.07, 6.45) is 2.51. The lowest BCUT2D eigenvalue weighted by Gasteiger charge is -2.17. The van der Waals surface area contributed by atoms with Crippen molar-refractivity contribution in [3.05, 3.63) is 65.3 Å². The molecule has 0 radical (unpaired) electrons. The van der Waals surface area contributed by atoms with E-state index in [1.165, 1.54) is 54.1 Å². The quantitative estimate of drug-likeness (QED) is 0.646. The Hall–Kier alpha value is -2.93. The summed E-state index contributed by atoms with van der Waals surface area (Å²) in [7, 11) is 0. The number of thiazole rings is 1. The summed E-state index contributed by atoms with van der Waals surface area (Å²) < 4.78 is 12.9. The van der Waals surface area contributed by atoms with E-state index in [0.29, 0.717) is 10.7 Å². The third kappa shape index (κ3) is 4.09. The van der Waals surface area contributed by atoms with Crippen LogP contribution in [0, 0.1) is 5.82 Å². The number of benzene rings is 2. The minimum absolute atomic E-state index is 0.346. The monoisotopic (exact) mass is 382 g/mol. The molecule has 1 aliphatic heterocycles. The van der Waals surface area contributed by atoms with Crippen molar-refractivity contribution in [3.8, 4) is 11.3 Å². The molecule has 0 unspecified atom stereocenters. The normalized spacial score (nSPS) is 13.6. The Morgan fingerprint density at radius 1 is 1.04 bits per heavy atom. The molecule has 4 rings (SSSR count). The van der Waals surface area contributed by atoms with Gasteiger partial charge in [-0.15, -0.1) is 11.3 Å². The molecule has 0 bridgehead atoms. The highest BCUT2D eigenvalue weighted by Gasteiger charge is 2.13. The minimum Gasteiger partial charge on any atom is -0.372 e. The fourth-order valence-electron chi connectivity index (χ4n) is 3.07. The Morgan fingerprint density at radius 2 is 1.74 bits per heavy atom. The van der Waals surface area contributed by atoms with E-state index in [2.05, 4.69) is 45.0 Å². The van der Waals surface area contributed by atoms with Crippen LogP contribution in [0.5, 0.6) is 0 Å². The zero-order valence-corrected chi connectivity index (χ0v) is 15.4. The smallest absolute Gasteiger partial charge is 0.269 e. The number of carbonyl (C=O) groups is 1. The molecule has 27 heavy (non-hydrogen) atoms. The van der Waals surface area contributed by atoms with Crippen molar-refractivity contribution in [3.63, 3.8) is 0 Å². The van der Waals surface area contributed by atoms with Gasteiger partial charge in [-0.25, -0.2) is 9.37 Å². The number of aromatic nitrogens is 1. The van der Waals surface area contributed by atoms with Gasteiger partial charge < -0.3 is 4.90 Å². The van der Waals surface area contributed by atoms with E-state index >= 15 is 0 Å². The maximum absolute atomic E-state index is 12.9. The average molecular weight is 382 g/mol. The van der Waals surface area contributed by atoms with Gasteiger partial charge in [0.25, 0.3) is 5.91 Å². The summed E-state index contributed by atoms with van der Waals surface area (Å²) in [6, 6.07) is 13.8. The molecule has 1 aromatic heterocycles. The lowest BCUT2D eigenvalue weighted by atomic mass is 10.1. The number of hydrogen-bond acceptors (Lipinski definition) is 5. The standard InChI is InChI=1S/C20H19FN4OS/c21-16-7-3-15(4-8-16)19(26)23-24-20-22-18(13-27-20)14-5-9-17(10-6-14)25-11-1-2-12-25/h3-10,13H,1-2,11-12H2,(H,22,24)(H,23,26). The van der Waals surface area contributed by atoms with Crippen LogP contribution in [-0.4, -0.2) is 24.0 Å². The summed E-state index contributed by atoms with van der Waals surface area (Å²) in [4.78, 5) is 18.9. The molecule has 7 heteroatoms. The number of amides is 1. The molecule has 5 nitrogen and oxygen atoms in total. The first kappa shape index (κ1) is 17.5. The molecular formula is C20H19FN4OS. The van der Waals surface area contributed by atoms with Gasteiger partial charge in [0.15, 0.2) is 0 Å². The second-order valence-corrected chi connectivity index (χ2v) is 7.22. The van der Waals surface area contributed by atoms with Gasteiger partial charge in [0.2, 0.25) is 5.13 Å². The highest BCUT2D eigenvalue weighted by molar-refractivity contribution is 7.14. The van der Waals surface area contributed by atoms with Crippen molar-refractivity contribution in [1.82, 2.24) is 10.4 Å². The first-order valence-electron chi connectivity index (χ1n) is 8.82. The molecular weight excluding hydrogens is 363 g/mol. The van der Waals surface area contributed by atoms with Crippen LogP contribution in [0.3, 0.4) is 0 Å². The number of anilines is 2. The molecule has 0 spiro atoms. The molecule has 2 aromatic carbocycles. The second kappa shape index (κ2) is 7.75. The van der Waals surface area contributed by atoms with E-state index in [-0.39, 0.29) is 11.7 Å². The zero-order valence-electron chi connectivity index (χ0n) is 14.6. The van der Waals surface area contributed by atoms with Crippen molar-refractivity contribution < 1.29 is 9.18 Å². The number of nitrogens with one attached hydrogen (secondary N) is 2. The molecule has 0 atom stereocenters. The number of rotatable bonds is 5. The maximum atomic E-state index is 12.9. The molecule has 0 aliphatic carbocycles. The predicted molar refractivity (Wildman–Crippen MR) is 106 cm³/mol. The fourth-order valence-corrected chi connectivity index (χ4v) is 3.74. The highest BCUT2D eigenvalue weighted by Crippen LogP contribution is 2.27. The third-order valence-electron chi connectivity index (χ3n) is 4.53. The number of hydrazine groups is 1. The molecule has 0 saturated carbocycles. The number of hydrogen-bond donors (Lipinski definition) is 2. The molecule has 2 N–H and O–H groups in total. The summed E-state index contributed by atoms with van der Waals surface area (Å²) in [5.74, 6) is -0.721. The van der Waals surface area contributed by atoms with Crippen molar-refractivity contribution >= 4 is 28.1 Å². The summed E-state index contributed by atoms with van der Waals surface area (Å²) >= 11 is 1.41. The Balaban J connectivity index is 1.38. The van der Waals surface area contributed by atoms with Gasteiger partial charge in [-0.3, -0.25) is 15.6 Å². The van der Waals surface area contributed by atoms with Gasteiger partial charge in [-0.05, 0) is 49.2 Å². The van der Waals surface area contributed by atoms with Crippen molar-refractivity contribution in [2.45, 2.75) is 12.8 Å². The third-order valence-corrected chi connectivity index (χ3v) is 5.29. The van der Waals surface area contributed by atoms with Crippen molar-refractivity contribution in [1.29, 1.82) is 0 Å². The van der Waals surface area contributed by atoms with Crippen LogP contribution in [0.15, 0.2) is 53.9 Å². The topological polar surface area (TPSA) is 57.3 Å². The Morgan fingerprint density at radius 3 is 2.44 bits per heavy atom. The lowest BCUT2D eigenvalue weighted by Crippen LogP contribution is -2.29. The van der Waals surface area contributed by atoms with Crippen LogP contribution in [0.1, 0.15) is 23.2 Å². The summed E-state index contributed by atoms with van der Waals surface area (Å²) in [5.41, 5.74) is 8.89. The first-order chi connectivity index (χ1) is 13.2. The highest BCUT2D eigenvalue weighted by atomic mass is 32.1. The largest absolute Gasteiger partial charge is 0.372 e. The number of carbonyl (C=O) groups excluding carboxylic acids is 1. The van der Waals surface area contributed by atoms with Crippen LogP contribution in [0.4, 0.5) is 15.2 Å². The maximum Gasteiger partial charge on any atom is 0.269 e. The van der Waals surface area contributed by atoms with Gasteiger partial charge in [0.1, 0.15) is 5.82 Å². The molecule has 2 heterocycles. The Bertz CT molecular complexity index is 918. The minimum atomic E-state index is -0.375. The predicted octanol–water partition coefficient (Wildman–Crippen LogP) is 4.31. The average Bonchev–Trinajstić information content (AvgIpc) is 3.39. The van der Waals surface area contributed by atoms with E-state index < -0.39 is 0 Å². The number of halogens is 1. The lowest BCUT2D eigenvalue weighted by molar-refractivity contribution is 0.0962. The Labute approximate surface area is 160 Å². The van der Waals surface area contributed by atoms with E-state index in [0.717, 1.165) is 24.3 Å². The van der Waals surface area contributed by atoms with Crippen LogP contribution in [0.25, 0.3) is 11.3 Å². The fraction of sp³-hybridized carbons (Fsp3) is 0.200. The van der Waals surface area contributed by atoms with Gasteiger partial charge in [-0.2, -0.15) is 0 Å². The van der Waals surface area contributed by atoms with Crippen LogP contribution in [-0.2, 0) is 0 Å². The van der Waals surface area contributed by atoms with Crippen molar-refractivity contribution in [2.24, 2.45) is 0 Å². The van der Waals surface area contributed by atoms with Crippen LogP contribution in [0.2, 0.25) is 0 Å². The molecule has 1 amide bonds. The van der Waals surface area contributed by atoms with E-state index in [9.17, 15) is 9.18 Å². The van der Waals surface area contributed by atoms with E-state index in [4.69, 9.17) is 0 Å². The zero-order chi connectivity index (χ0) is 18.6. The SMILES string of the molecule is O=C(NNc1nc(-c2ccc(N3CCCC3)cc2)cs1)c1ccc(F)cc1. The Kier molecular flexibility index (Phi) is 5.02. The first-order valence-corrected chi connectivity index (χ1v) is 9.70. The summed E-state index contributed by atoms with van der Waals surface area (Å²) in [6.45, 7) is 2.25. The molecule has 3 aromatic rings. The summed E-state index contributed by atoms with van der Waals surface area (Å²) in [5, 5.41) is 2.53. The molecule has 138 valence electrons. The van der Waals surface area contributed by atoms with Gasteiger partial charge >= 0.3 is 0 Å². The molecule has 1 fully saturated rings.